The highest BCUT2D eigenvalue weighted by atomic mass is 32.1. The summed E-state index contributed by atoms with van der Waals surface area (Å²) < 4.78 is 0. The zero-order valence-electron chi connectivity index (χ0n) is 12.5. The minimum Gasteiger partial charge on any atom is -0.345 e. The Morgan fingerprint density at radius 2 is 2.14 bits per heavy atom. The normalized spacial score (nSPS) is 25.4. The smallest absolute Gasteiger partial charge is 0.227 e. The SMILES string of the molecule is CN1C[C@H](C(=O)N2CCC(C)(c3nccs3)CC2)CC1=O. The molecule has 2 aliphatic heterocycles. The third kappa shape index (κ3) is 2.69. The van der Waals surface area contributed by atoms with Gasteiger partial charge in [0.05, 0.1) is 10.9 Å². The standard InChI is InChI=1S/C15H21N3O2S/c1-15(14-16-5-8-21-14)3-6-18(7-4-15)13(20)11-9-12(19)17(2)10-11/h5,8,11H,3-4,6-7,9-10H2,1-2H3/t11-/m1/s1. The number of hydrogen-bond donors (Lipinski definition) is 0. The highest BCUT2D eigenvalue weighted by Gasteiger charge is 2.39. The molecule has 0 N–H and O–H groups in total. The number of aromatic nitrogens is 1. The predicted octanol–water partition coefficient (Wildman–Crippen LogP) is 1.50. The first-order chi connectivity index (χ1) is 9.99. The molecule has 0 unspecified atom stereocenters. The van der Waals surface area contributed by atoms with Crippen LogP contribution in [0, 0.1) is 5.92 Å². The number of likely N-dealkylation sites (tertiary alicyclic amines) is 2. The van der Waals surface area contributed by atoms with E-state index in [9.17, 15) is 9.59 Å². The molecule has 3 heterocycles. The molecular weight excluding hydrogens is 286 g/mol. The number of nitrogens with zero attached hydrogens (tertiary/aromatic N) is 3. The number of thiazole rings is 1. The van der Waals surface area contributed by atoms with Crippen LogP contribution in [0.2, 0.25) is 0 Å². The summed E-state index contributed by atoms with van der Waals surface area (Å²) in [5.41, 5.74) is 0.0905. The van der Waals surface area contributed by atoms with Gasteiger partial charge in [-0.2, -0.15) is 0 Å². The van der Waals surface area contributed by atoms with E-state index in [4.69, 9.17) is 0 Å². The minimum absolute atomic E-state index is 0.0815. The van der Waals surface area contributed by atoms with Gasteiger partial charge in [0.2, 0.25) is 11.8 Å². The molecule has 0 aliphatic carbocycles. The van der Waals surface area contributed by atoms with Crippen molar-refractivity contribution in [1.82, 2.24) is 14.8 Å². The lowest BCUT2D eigenvalue weighted by atomic mass is 9.80. The molecule has 0 bridgehead atoms. The first kappa shape index (κ1) is 14.5. The molecule has 0 radical (unpaired) electrons. The number of piperidine rings is 1. The van der Waals surface area contributed by atoms with Crippen LogP contribution in [0.25, 0.3) is 0 Å². The lowest BCUT2D eigenvalue weighted by molar-refractivity contribution is -0.137. The van der Waals surface area contributed by atoms with Gasteiger partial charge in [-0.3, -0.25) is 9.59 Å². The quantitative estimate of drug-likeness (QED) is 0.832. The van der Waals surface area contributed by atoms with Gasteiger partial charge in [0, 0.05) is 50.1 Å². The third-order valence-electron chi connectivity index (χ3n) is 4.82. The highest BCUT2D eigenvalue weighted by molar-refractivity contribution is 7.09. The summed E-state index contributed by atoms with van der Waals surface area (Å²) in [5, 5.41) is 3.18. The predicted molar refractivity (Wildman–Crippen MR) is 81.0 cm³/mol. The molecule has 1 aromatic rings. The molecule has 2 saturated heterocycles. The van der Waals surface area contributed by atoms with Crippen molar-refractivity contribution >= 4 is 23.2 Å². The minimum atomic E-state index is -0.147. The first-order valence-electron chi connectivity index (χ1n) is 7.42. The molecular formula is C15H21N3O2S. The number of carbonyl (C=O) groups is 2. The molecule has 1 atom stereocenters. The molecule has 0 aromatic carbocycles. The zero-order chi connectivity index (χ0) is 15.0. The largest absolute Gasteiger partial charge is 0.345 e. The first-order valence-corrected chi connectivity index (χ1v) is 8.30. The Morgan fingerprint density at radius 3 is 2.67 bits per heavy atom. The van der Waals surface area contributed by atoms with Crippen LogP contribution < -0.4 is 0 Å². The van der Waals surface area contributed by atoms with Crippen molar-refractivity contribution in [3.05, 3.63) is 16.6 Å². The van der Waals surface area contributed by atoms with Crippen molar-refractivity contribution in [3.63, 3.8) is 0 Å². The summed E-state index contributed by atoms with van der Waals surface area (Å²) in [6.45, 7) is 4.34. The molecule has 0 saturated carbocycles. The van der Waals surface area contributed by atoms with E-state index in [2.05, 4.69) is 11.9 Å². The average molecular weight is 307 g/mol. The van der Waals surface area contributed by atoms with E-state index in [1.807, 2.05) is 16.5 Å². The molecule has 2 fully saturated rings. The topological polar surface area (TPSA) is 53.5 Å². The lowest BCUT2D eigenvalue weighted by Gasteiger charge is -2.39. The average Bonchev–Trinajstić information content (AvgIpc) is 3.10. The van der Waals surface area contributed by atoms with E-state index in [0.29, 0.717) is 13.0 Å². The van der Waals surface area contributed by atoms with Crippen molar-refractivity contribution in [2.45, 2.75) is 31.6 Å². The van der Waals surface area contributed by atoms with Crippen LogP contribution in [-0.2, 0) is 15.0 Å². The van der Waals surface area contributed by atoms with Gasteiger partial charge >= 0.3 is 0 Å². The van der Waals surface area contributed by atoms with Crippen molar-refractivity contribution in [2.24, 2.45) is 5.92 Å². The van der Waals surface area contributed by atoms with Crippen LogP contribution in [0.3, 0.4) is 0 Å². The summed E-state index contributed by atoms with van der Waals surface area (Å²) in [6, 6.07) is 0. The van der Waals surface area contributed by atoms with Crippen molar-refractivity contribution in [1.29, 1.82) is 0 Å². The zero-order valence-corrected chi connectivity index (χ0v) is 13.4. The third-order valence-corrected chi connectivity index (χ3v) is 5.90. The number of hydrogen-bond acceptors (Lipinski definition) is 4. The van der Waals surface area contributed by atoms with Gasteiger partial charge in [0.15, 0.2) is 0 Å². The molecule has 0 spiro atoms. The van der Waals surface area contributed by atoms with Gasteiger partial charge in [-0.15, -0.1) is 11.3 Å². The van der Waals surface area contributed by atoms with Gasteiger partial charge in [-0.1, -0.05) is 6.92 Å². The number of rotatable bonds is 2. The monoisotopic (exact) mass is 307 g/mol. The summed E-state index contributed by atoms with van der Waals surface area (Å²) in [5.74, 6) is 0.0820. The summed E-state index contributed by atoms with van der Waals surface area (Å²) >= 11 is 1.70. The second kappa shape index (κ2) is 5.40. The molecule has 2 aliphatic rings. The Kier molecular flexibility index (Phi) is 3.73. The van der Waals surface area contributed by atoms with Crippen LogP contribution in [0.5, 0.6) is 0 Å². The molecule has 2 amide bonds. The van der Waals surface area contributed by atoms with Crippen molar-refractivity contribution in [3.8, 4) is 0 Å². The van der Waals surface area contributed by atoms with Crippen LogP contribution in [0.15, 0.2) is 11.6 Å². The fraction of sp³-hybridized carbons (Fsp3) is 0.667. The van der Waals surface area contributed by atoms with E-state index in [-0.39, 0.29) is 23.1 Å². The number of amides is 2. The summed E-state index contributed by atoms with van der Waals surface area (Å²) in [7, 11) is 1.77. The van der Waals surface area contributed by atoms with Crippen LogP contribution in [0.1, 0.15) is 31.2 Å². The molecule has 5 nitrogen and oxygen atoms in total. The maximum absolute atomic E-state index is 12.5. The maximum atomic E-state index is 12.5. The molecule has 114 valence electrons. The van der Waals surface area contributed by atoms with Gasteiger partial charge in [-0.25, -0.2) is 4.98 Å². The van der Waals surface area contributed by atoms with Gasteiger partial charge < -0.3 is 9.80 Å². The Balaban J connectivity index is 1.61. The van der Waals surface area contributed by atoms with E-state index in [1.165, 1.54) is 5.01 Å². The lowest BCUT2D eigenvalue weighted by Crippen LogP contribution is -2.46. The van der Waals surface area contributed by atoms with Crippen molar-refractivity contribution in [2.75, 3.05) is 26.7 Å². The Morgan fingerprint density at radius 1 is 1.43 bits per heavy atom. The van der Waals surface area contributed by atoms with E-state index < -0.39 is 0 Å². The second-order valence-corrected chi connectivity index (χ2v) is 7.29. The maximum Gasteiger partial charge on any atom is 0.227 e. The molecule has 21 heavy (non-hydrogen) atoms. The molecule has 1 aromatic heterocycles. The van der Waals surface area contributed by atoms with E-state index >= 15 is 0 Å². The molecule has 6 heteroatoms. The fourth-order valence-electron chi connectivity index (χ4n) is 3.24. The second-order valence-electron chi connectivity index (χ2n) is 6.40. The van der Waals surface area contributed by atoms with E-state index in [0.717, 1.165) is 25.9 Å². The van der Waals surface area contributed by atoms with Crippen LogP contribution in [-0.4, -0.2) is 53.3 Å². The van der Waals surface area contributed by atoms with Crippen LogP contribution in [0.4, 0.5) is 0 Å². The Hall–Kier alpha value is -1.43. The summed E-state index contributed by atoms with van der Waals surface area (Å²) in [4.78, 5) is 32.1. The van der Waals surface area contributed by atoms with Crippen LogP contribution >= 0.6 is 11.3 Å². The van der Waals surface area contributed by atoms with Crippen molar-refractivity contribution < 1.29 is 9.59 Å². The van der Waals surface area contributed by atoms with Gasteiger partial charge in [-0.05, 0) is 12.8 Å². The highest BCUT2D eigenvalue weighted by Crippen LogP contribution is 2.36. The fourth-order valence-corrected chi connectivity index (χ4v) is 4.10. The van der Waals surface area contributed by atoms with E-state index in [1.54, 1.807) is 23.3 Å². The number of carbonyl (C=O) groups excluding carboxylic acids is 2. The summed E-state index contributed by atoms with van der Waals surface area (Å²) in [6.07, 6.45) is 4.11. The van der Waals surface area contributed by atoms with Gasteiger partial charge in [0.25, 0.3) is 0 Å². The molecule has 3 rings (SSSR count). The Bertz CT molecular complexity index is 535. The Labute approximate surface area is 129 Å². The van der Waals surface area contributed by atoms with Gasteiger partial charge in [0.1, 0.15) is 0 Å².